The van der Waals surface area contributed by atoms with Crippen LogP contribution in [0.5, 0.6) is 5.88 Å². The predicted molar refractivity (Wildman–Crippen MR) is 81.4 cm³/mol. The van der Waals surface area contributed by atoms with Crippen LogP contribution in [0.25, 0.3) is 0 Å². The molecule has 2 aromatic rings. The molecule has 0 saturated carbocycles. The Bertz CT molecular complexity index is 581. The van der Waals surface area contributed by atoms with E-state index in [1.807, 2.05) is 11.6 Å². The summed E-state index contributed by atoms with van der Waals surface area (Å²) in [7, 11) is 1.62. The van der Waals surface area contributed by atoms with E-state index in [9.17, 15) is 0 Å². The molecule has 0 amide bonds. The normalized spacial score (nSPS) is 12.4. The molecule has 0 saturated heterocycles. The van der Waals surface area contributed by atoms with Crippen molar-refractivity contribution in [2.75, 3.05) is 13.7 Å². The summed E-state index contributed by atoms with van der Waals surface area (Å²) in [5, 5.41) is 8.05. The number of rotatable bonds is 7. The monoisotopic (exact) mass is 289 g/mol. The van der Waals surface area contributed by atoms with Crippen LogP contribution in [0.4, 0.5) is 0 Å². The van der Waals surface area contributed by atoms with Crippen molar-refractivity contribution in [2.24, 2.45) is 0 Å². The molecule has 6 heteroatoms. The van der Waals surface area contributed by atoms with E-state index in [-0.39, 0.29) is 6.04 Å². The lowest BCUT2D eigenvalue weighted by Gasteiger charge is -2.20. The van der Waals surface area contributed by atoms with Crippen LogP contribution in [-0.2, 0) is 6.54 Å². The number of methoxy groups -OCH3 is 1. The topological polar surface area (TPSA) is 64.9 Å². The molecule has 0 fully saturated rings. The van der Waals surface area contributed by atoms with Crippen LogP contribution in [0.15, 0.2) is 18.5 Å². The highest BCUT2D eigenvalue weighted by molar-refractivity contribution is 5.30. The molecule has 1 atom stereocenters. The second-order valence-corrected chi connectivity index (χ2v) is 4.86. The molecule has 1 N–H and O–H groups in total. The summed E-state index contributed by atoms with van der Waals surface area (Å²) < 4.78 is 7.36. The fourth-order valence-corrected chi connectivity index (χ4v) is 2.37. The molecule has 1 unspecified atom stereocenters. The van der Waals surface area contributed by atoms with Gasteiger partial charge in [0.2, 0.25) is 5.88 Å². The number of aryl methyl sites for hydroxylation is 2. The quantitative estimate of drug-likeness (QED) is 0.845. The first-order valence-corrected chi connectivity index (χ1v) is 7.33. The van der Waals surface area contributed by atoms with Crippen LogP contribution >= 0.6 is 0 Å². The molecular weight excluding hydrogens is 266 g/mol. The minimum Gasteiger partial charge on any atom is -0.480 e. The minimum atomic E-state index is -0.0743. The Balaban J connectivity index is 2.47. The van der Waals surface area contributed by atoms with Crippen LogP contribution in [0.3, 0.4) is 0 Å². The van der Waals surface area contributed by atoms with Gasteiger partial charge >= 0.3 is 0 Å². The largest absolute Gasteiger partial charge is 0.480 e. The first-order valence-electron chi connectivity index (χ1n) is 7.33. The number of hydrogen-bond acceptors (Lipinski definition) is 5. The summed E-state index contributed by atoms with van der Waals surface area (Å²) >= 11 is 0. The van der Waals surface area contributed by atoms with Crippen molar-refractivity contribution in [3.8, 4) is 5.88 Å². The molecular formula is C15H23N5O. The molecule has 0 aliphatic rings. The number of hydrogen-bond donors (Lipinski definition) is 1. The minimum absolute atomic E-state index is 0.0743. The van der Waals surface area contributed by atoms with Gasteiger partial charge < -0.3 is 10.1 Å². The number of nitrogens with zero attached hydrogens (tertiary/aromatic N) is 4. The average Bonchev–Trinajstić information content (AvgIpc) is 2.89. The number of aromatic nitrogens is 4. The standard InChI is InChI=1S/C15H23N5O/c1-5-7-16-13(12-10-11(3)19-20(12)6-2)14-15(21-4)18-9-8-17-14/h8-10,13,16H,5-7H2,1-4H3. The van der Waals surface area contributed by atoms with Crippen LogP contribution in [0, 0.1) is 6.92 Å². The molecule has 2 rings (SSSR count). The highest BCUT2D eigenvalue weighted by Gasteiger charge is 2.23. The van der Waals surface area contributed by atoms with Crippen molar-refractivity contribution in [3.63, 3.8) is 0 Å². The third kappa shape index (κ3) is 3.39. The molecule has 6 nitrogen and oxygen atoms in total. The van der Waals surface area contributed by atoms with Crippen molar-refractivity contribution in [1.29, 1.82) is 0 Å². The van der Waals surface area contributed by atoms with E-state index < -0.39 is 0 Å². The summed E-state index contributed by atoms with van der Waals surface area (Å²) in [6, 6.07) is 2.01. The van der Waals surface area contributed by atoms with Gasteiger partial charge in [0.15, 0.2) is 0 Å². The smallest absolute Gasteiger partial charge is 0.237 e. The van der Waals surface area contributed by atoms with Crippen molar-refractivity contribution in [3.05, 3.63) is 35.5 Å². The van der Waals surface area contributed by atoms with Crippen molar-refractivity contribution >= 4 is 0 Å². The van der Waals surface area contributed by atoms with E-state index in [2.05, 4.69) is 40.3 Å². The maximum Gasteiger partial charge on any atom is 0.237 e. The molecule has 21 heavy (non-hydrogen) atoms. The van der Waals surface area contributed by atoms with Gasteiger partial charge in [-0.2, -0.15) is 5.10 Å². The van der Waals surface area contributed by atoms with Crippen LogP contribution in [0.1, 0.15) is 43.4 Å². The summed E-state index contributed by atoms with van der Waals surface area (Å²) in [6.07, 6.45) is 4.37. The van der Waals surface area contributed by atoms with Gasteiger partial charge in [0.1, 0.15) is 5.69 Å². The van der Waals surface area contributed by atoms with Crippen LogP contribution in [0.2, 0.25) is 0 Å². The molecule has 0 radical (unpaired) electrons. The van der Waals surface area contributed by atoms with Gasteiger partial charge in [0.25, 0.3) is 0 Å². The first kappa shape index (κ1) is 15.4. The Morgan fingerprint density at radius 1 is 1.29 bits per heavy atom. The molecule has 0 aliphatic carbocycles. The molecule has 114 valence electrons. The molecule has 0 bridgehead atoms. The van der Waals surface area contributed by atoms with Crippen LogP contribution in [-0.4, -0.2) is 33.4 Å². The van der Waals surface area contributed by atoms with Gasteiger partial charge in [-0.25, -0.2) is 4.98 Å². The highest BCUT2D eigenvalue weighted by Crippen LogP contribution is 2.27. The molecule has 0 aliphatic heterocycles. The van der Waals surface area contributed by atoms with Gasteiger partial charge in [-0.15, -0.1) is 0 Å². The third-order valence-corrected chi connectivity index (χ3v) is 3.29. The van der Waals surface area contributed by atoms with Crippen LogP contribution < -0.4 is 10.1 Å². The second-order valence-electron chi connectivity index (χ2n) is 4.86. The fourth-order valence-electron chi connectivity index (χ4n) is 2.37. The van der Waals surface area contributed by atoms with Gasteiger partial charge in [-0.05, 0) is 32.9 Å². The Morgan fingerprint density at radius 3 is 2.71 bits per heavy atom. The summed E-state index contributed by atoms with van der Waals surface area (Å²) in [4.78, 5) is 8.73. The predicted octanol–water partition coefficient (Wildman–Crippen LogP) is 2.10. The van der Waals surface area contributed by atoms with Gasteiger partial charge in [-0.1, -0.05) is 6.92 Å². The first-order chi connectivity index (χ1) is 10.2. The van der Waals surface area contributed by atoms with Gasteiger partial charge in [-0.3, -0.25) is 9.67 Å². The Kier molecular flexibility index (Phi) is 5.27. The summed E-state index contributed by atoms with van der Waals surface area (Å²) in [5.41, 5.74) is 2.88. The van der Waals surface area contributed by atoms with E-state index in [1.54, 1.807) is 19.5 Å². The molecule has 2 heterocycles. The Morgan fingerprint density at radius 2 is 2.05 bits per heavy atom. The highest BCUT2D eigenvalue weighted by atomic mass is 16.5. The summed E-state index contributed by atoms with van der Waals surface area (Å²) in [5.74, 6) is 0.549. The number of nitrogens with one attached hydrogen (secondary N) is 1. The zero-order valence-corrected chi connectivity index (χ0v) is 13.1. The number of ether oxygens (including phenoxy) is 1. The lowest BCUT2D eigenvalue weighted by atomic mass is 10.1. The molecule has 0 spiro atoms. The maximum absolute atomic E-state index is 5.36. The van der Waals surface area contributed by atoms with E-state index in [0.717, 1.165) is 36.6 Å². The summed E-state index contributed by atoms with van der Waals surface area (Å²) in [6.45, 7) is 7.93. The SMILES string of the molecule is CCCNC(c1nccnc1OC)c1cc(C)nn1CC. The fraction of sp³-hybridized carbons (Fsp3) is 0.533. The van der Waals surface area contributed by atoms with E-state index in [0.29, 0.717) is 5.88 Å². The van der Waals surface area contributed by atoms with E-state index in [1.165, 1.54) is 0 Å². The molecule has 0 aromatic carbocycles. The van der Waals surface area contributed by atoms with Crippen molar-refractivity contribution in [2.45, 2.75) is 39.8 Å². The third-order valence-electron chi connectivity index (χ3n) is 3.29. The van der Waals surface area contributed by atoms with Gasteiger partial charge in [0, 0.05) is 18.9 Å². The Labute approximate surface area is 125 Å². The van der Waals surface area contributed by atoms with E-state index in [4.69, 9.17) is 4.74 Å². The average molecular weight is 289 g/mol. The van der Waals surface area contributed by atoms with Crippen molar-refractivity contribution in [1.82, 2.24) is 25.1 Å². The maximum atomic E-state index is 5.36. The second kappa shape index (κ2) is 7.17. The van der Waals surface area contributed by atoms with E-state index >= 15 is 0 Å². The Hall–Kier alpha value is -1.95. The van der Waals surface area contributed by atoms with Crippen molar-refractivity contribution < 1.29 is 4.74 Å². The zero-order chi connectivity index (χ0) is 15.2. The lowest BCUT2D eigenvalue weighted by Crippen LogP contribution is -2.27. The molecule has 2 aromatic heterocycles. The lowest BCUT2D eigenvalue weighted by molar-refractivity contribution is 0.380. The van der Waals surface area contributed by atoms with Gasteiger partial charge in [0.05, 0.1) is 24.5 Å². The zero-order valence-electron chi connectivity index (χ0n) is 13.1.